The van der Waals surface area contributed by atoms with E-state index in [9.17, 15) is 4.79 Å². The molecule has 2 aromatic carbocycles. The number of fused-ring (bicyclic) bond motifs is 1. The van der Waals surface area contributed by atoms with Crippen molar-refractivity contribution in [3.8, 4) is 0 Å². The number of benzene rings is 2. The Kier molecular flexibility index (Phi) is 3.78. The van der Waals surface area contributed by atoms with Crippen molar-refractivity contribution in [2.75, 3.05) is 0 Å². The van der Waals surface area contributed by atoms with E-state index < -0.39 is 0 Å². The number of aromatic nitrogens is 1. The standard InChI is InChI=1S/C19H17NO/c1-2-19(21)16-8-5-6-14(12-16)13-17-11-10-15-7-3-4-9-18(15)20-17/h3-12H,2,13H2,1H3. The number of carbonyl (C=O) groups excluding carboxylic acids is 1. The van der Waals surface area contributed by atoms with E-state index in [1.165, 1.54) is 0 Å². The zero-order valence-corrected chi connectivity index (χ0v) is 12.0. The van der Waals surface area contributed by atoms with Gasteiger partial charge in [0, 0.05) is 29.5 Å². The van der Waals surface area contributed by atoms with Gasteiger partial charge in [-0.2, -0.15) is 0 Å². The number of para-hydroxylation sites is 1. The molecule has 2 nitrogen and oxygen atoms in total. The highest BCUT2D eigenvalue weighted by atomic mass is 16.1. The van der Waals surface area contributed by atoms with E-state index in [2.05, 4.69) is 23.2 Å². The topological polar surface area (TPSA) is 30.0 Å². The molecule has 0 radical (unpaired) electrons. The van der Waals surface area contributed by atoms with Crippen LogP contribution in [0.25, 0.3) is 10.9 Å². The van der Waals surface area contributed by atoms with Gasteiger partial charge >= 0.3 is 0 Å². The summed E-state index contributed by atoms with van der Waals surface area (Å²) in [6, 6.07) is 20.1. The Morgan fingerprint density at radius 1 is 1.00 bits per heavy atom. The maximum absolute atomic E-state index is 11.8. The predicted molar refractivity (Wildman–Crippen MR) is 85.6 cm³/mol. The number of pyridine rings is 1. The number of hydrogen-bond acceptors (Lipinski definition) is 2. The molecule has 0 aliphatic rings. The highest BCUT2D eigenvalue weighted by molar-refractivity contribution is 5.96. The third kappa shape index (κ3) is 3.00. The molecule has 0 saturated heterocycles. The van der Waals surface area contributed by atoms with Crippen molar-refractivity contribution in [3.05, 3.63) is 77.5 Å². The maximum Gasteiger partial charge on any atom is 0.162 e. The molecule has 0 N–H and O–H groups in total. The highest BCUT2D eigenvalue weighted by Gasteiger charge is 2.05. The van der Waals surface area contributed by atoms with Gasteiger partial charge in [-0.15, -0.1) is 0 Å². The average Bonchev–Trinajstić information content (AvgIpc) is 2.54. The van der Waals surface area contributed by atoms with Gasteiger partial charge in [-0.1, -0.05) is 49.4 Å². The second-order valence-corrected chi connectivity index (χ2v) is 5.15. The molecule has 0 saturated carbocycles. The molecule has 104 valence electrons. The third-order valence-corrected chi connectivity index (χ3v) is 3.61. The number of carbonyl (C=O) groups is 1. The first-order valence-electron chi connectivity index (χ1n) is 7.23. The van der Waals surface area contributed by atoms with Gasteiger partial charge in [0.25, 0.3) is 0 Å². The van der Waals surface area contributed by atoms with Crippen LogP contribution >= 0.6 is 0 Å². The van der Waals surface area contributed by atoms with Crippen molar-refractivity contribution in [1.29, 1.82) is 0 Å². The van der Waals surface area contributed by atoms with E-state index in [1.807, 2.05) is 49.4 Å². The van der Waals surface area contributed by atoms with Gasteiger partial charge in [-0.3, -0.25) is 9.78 Å². The van der Waals surface area contributed by atoms with Gasteiger partial charge in [0.1, 0.15) is 0 Å². The molecule has 0 amide bonds. The minimum Gasteiger partial charge on any atom is -0.294 e. The van der Waals surface area contributed by atoms with Crippen molar-refractivity contribution in [2.24, 2.45) is 0 Å². The van der Waals surface area contributed by atoms with Gasteiger partial charge in [0.2, 0.25) is 0 Å². The Morgan fingerprint density at radius 2 is 1.86 bits per heavy atom. The van der Waals surface area contributed by atoms with Crippen molar-refractivity contribution >= 4 is 16.7 Å². The Hall–Kier alpha value is -2.48. The summed E-state index contributed by atoms with van der Waals surface area (Å²) in [5.74, 6) is 0.184. The minimum absolute atomic E-state index is 0.184. The molecule has 2 heteroatoms. The molecular weight excluding hydrogens is 258 g/mol. The lowest BCUT2D eigenvalue weighted by atomic mass is 10.0. The van der Waals surface area contributed by atoms with Crippen LogP contribution in [0.2, 0.25) is 0 Å². The van der Waals surface area contributed by atoms with Crippen LogP contribution in [0.15, 0.2) is 60.7 Å². The van der Waals surface area contributed by atoms with Crippen LogP contribution < -0.4 is 0 Å². The monoisotopic (exact) mass is 275 g/mol. The van der Waals surface area contributed by atoms with Gasteiger partial charge in [-0.25, -0.2) is 0 Å². The van der Waals surface area contributed by atoms with Crippen LogP contribution in [0.4, 0.5) is 0 Å². The summed E-state index contributed by atoms with van der Waals surface area (Å²) in [7, 11) is 0. The SMILES string of the molecule is CCC(=O)c1cccc(Cc2ccc3ccccc3n2)c1. The molecule has 0 aliphatic heterocycles. The lowest BCUT2D eigenvalue weighted by Gasteiger charge is -2.05. The molecule has 1 heterocycles. The molecule has 0 spiro atoms. The van der Waals surface area contributed by atoms with Gasteiger partial charge in [-0.05, 0) is 23.8 Å². The second-order valence-electron chi connectivity index (χ2n) is 5.15. The van der Waals surface area contributed by atoms with Crippen LogP contribution in [0, 0.1) is 0 Å². The fourth-order valence-corrected chi connectivity index (χ4v) is 2.47. The van der Waals surface area contributed by atoms with Crippen molar-refractivity contribution in [1.82, 2.24) is 4.98 Å². The first-order chi connectivity index (χ1) is 10.3. The van der Waals surface area contributed by atoms with Crippen LogP contribution in [0.3, 0.4) is 0 Å². The number of Topliss-reactive ketones (excluding diaryl/α,β-unsaturated/α-hetero) is 1. The van der Waals surface area contributed by atoms with Crippen molar-refractivity contribution < 1.29 is 4.79 Å². The van der Waals surface area contributed by atoms with Crippen molar-refractivity contribution in [2.45, 2.75) is 19.8 Å². The maximum atomic E-state index is 11.8. The summed E-state index contributed by atoms with van der Waals surface area (Å²) in [4.78, 5) is 16.5. The first kappa shape index (κ1) is 13.5. The molecule has 21 heavy (non-hydrogen) atoms. The lowest BCUT2D eigenvalue weighted by Crippen LogP contribution is -1.99. The molecule has 1 aromatic heterocycles. The molecule has 0 fully saturated rings. The zero-order chi connectivity index (χ0) is 14.7. The van der Waals surface area contributed by atoms with Crippen LogP contribution in [0.5, 0.6) is 0 Å². The summed E-state index contributed by atoms with van der Waals surface area (Å²) < 4.78 is 0. The number of hydrogen-bond donors (Lipinski definition) is 0. The quantitative estimate of drug-likeness (QED) is 0.660. The molecule has 0 atom stereocenters. The normalized spacial score (nSPS) is 10.7. The molecule has 0 unspecified atom stereocenters. The van der Waals surface area contributed by atoms with Crippen LogP contribution in [-0.2, 0) is 6.42 Å². The average molecular weight is 275 g/mol. The van der Waals surface area contributed by atoms with E-state index in [4.69, 9.17) is 0 Å². The van der Waals surface area contributed by atoms with E-state index in [0.29, 0.717) is 6.42 Å². The molecule has 0 bridgehead atoms. The first-order valence-corrected chi connectivity index (χ1v) is 7.23. The third-order valence-electron chi connectivity index (χ3n) is 3.61. The summed E-state index contributed by atoms with van der Waals surface area (Å²) in [6.07, 6.45) is 1.29. The van der Waals surface area contributed by atoms with Crippen LogP contribution in [-0.4, -0.2) is 10.8 Å². The van der Waals surface area contributed by atoms with E-state index >= 15 is 0 Å². The molecule has 3 rings (SSSR count). The number of ketones is 1. The second kappa shape index (κ2) is 5.88. The lowest BCUT2D eigenvalue weighted by molar-refractivity contribution is 0.0988. The fraction of sp³-hybridized carbons (Fsp3) is 0.158. The molecular formula is C19H17NO. The zero-order valence-electron chi connectivity index (χ0n) is 12.0. The minimum atomic E-state index is 0.184. The van der Waals surface area contributed by atoms with Crippen molar-refractivity contribution in [3.63, 3.8) is 0 Å². The number of nitrogens with zero attached hydrogens (tertiary/aromatic N) is 1. The Morgan fingerprint density at radius 3 is 2.71 bits per heavy atom. The summed E-state index contributed by atoms with van der Waals surface area (Å²) in [6.45, 7) is 1.89. The summed E-state index contributed by atoms with van der Waals surface area (Å²) in [5.41, 5.74) is 3.94. The van der Waals surface area contributed by atoms with Gasteiger partial charge < -0.3 is 0 Å². The van der Waals surface area contributed by atoms with E-state index in [0.717, 1.165) is 34.1 Å². The van der Waals surface area contributed by atoms with Gasteiger partial charge in [0.05, 0.1) is 5.52 Å². The van der Waals surface area contributed by atoms with Crippen LogP contribution in [0.1, 0.15) is 35.0 Å². The largest absolute Gasteiger partial charge is 0.294 e. The van der Waals surface area contributed by atoms with E-state index in [-0.39, 0.29) is 5.78 Å². The predicted octanol–water partition coefficient (Wildman–Crippen LogP) is 4.42. The Bertz CT molecular complexity index is 792. The fourth-order valence-electron chi connectivity index (χ4n) is 2.47. The summed E-state index contributed by atoms with van der Waals surface area (Å²) in [5, 5.41) is 1.15. The molecule has 0 aliphatic carbocycles. The molecule has 3 aromatic rings. The Balaban J connectivity index is 1.89. The highest BCUT2D eigenvalue weighted by Crippen LogP contribution is 2.15. The number of rotatable bonds is 4. The Labute approximate surface area is 124 Å². The van der Waals surface area contributed by atoms with E-state index in [1.54, 1.807) is 0 Å². The van der Waals surface area contributed by atoms with Gasteiger partial charge in [0.15, 0.2) is 5.78 Å². The summed E-state index contributed by atoms with van der Waals surface area (Å²) >= 11 is 0. The smallest absolute Gasteiger partial charge is 0.162 e.